The minimum Gasteiger partial charge on any atom is -0.314 e. The van der Waals surface area contributed by atoms with Gasteiger partial charge in [-0.1, -0.05) is 0 Å². The molecular weight excluding hydrogens is 232 g/mol. The Morgan fingerprint density at radius 1 is 1.33 bits per heavy atom. The molecule has 100 valence electrons. The Bertz CT molecular complexity index is 546. The van der Waals surface area contributed by atoms with E-state index in [2.05, 4.69) is 17.1 Å². The van der Waals surface area contributed by atoms with E-state index >= 15 is 0 Å². The molecule has 1 N–H and O–H groups in total. The van der Waals surface area contributed by atoms with Crippen molar-refractivity contribution >= 4 is 0 Å². The van der Waals surface area contributed by atoms with Crippen LogP contribution in [0.25, 0.3) is 0 Å². The summed E-state index contributed by atoms with van der Waals surface area (Å²) >= 11 is 0. The fourth-order valence-electron chi connectivity index (χ4n) is 2.26. The van der Waals surface area contributed by atoms with Crippen molar-refractivity contribution in [2.75, 3.05) is 19.6 Å². The van der Waals surface area contributed by atoms with Crippen LogP contribution in [0.15, 0.2) is 15.7 Å². The fourth-order valence-corrected chi connectivity index (χ4v) is 2.26. The zero-order chi connectivity index (χ0) is 13.3. The lowest BCUT2D eigenvalue weighted by molar-refractivity contribution is 0.161. The van der Waals surface area contributed by atoms with Crippen LogP contribution in [0.1, 0.15) is 12.6 Å². The average Bonchev–Trinajstić information content (AvgIpc) is 2.36. The van der Waals surface area contributed by atoms with E-state index in [9.17, 15) is 9.59 Å². The molecule has 0 radical (unpaired) electrons. The van der Waals surface area contributed by atoms with Crippen LogP contribution in [0.3, 0.4) is 0 Å². The Kier molecular flexibility index (Phi) is 3.68. The highest BCUT2D eigenvalue weighted by Crippen LogP contribution is 2.07. The maximum absolute atomic E-state index is 11.8. The van der Waals surface area contributed by atoms with Crippen LogP contribution in [0.4, 0.5) is 0 Å². The minimum absolute atomic E-state index is 0.240. The van der Waals surface area contributed by atoms with Gasteiger partial charge < -0.3 is 5.32 Å². The number of nitrogens with zero attached hydrogens (tertiary/aromatic N) is 3. The van der Waals surface area contributed by atoms with Crippen LogP contribution in [0, 0.1) is 0 Å². The van der Waals surface area contributed by atoms with E-state index in [1.54, 1.807) is 17.7 Å². The van der Waals surface area contributed by atoms with Crippen LogP contribution < -0.4 is 16.6 Å². The molecule has 1 aliphatic rings. The molecule has 0 amide bonds. The monoisotopic (exact) mass is 252 g/mol. The van der Waals surface area contributed by atoms with Crippen molar-refractivity contribution in [2.24, 2.45) is 14.1 Å². The summed E-state index contributed by atoms with van der Waals surface area (Å²) in [6, 6.07) is 1.97. The van der Waals surface area contributed by atoms with Crippen LogP contribution in [0.2, 0.25) is 0 Å². The van der Waals surface area contributed by atoms with Gasteiger partial charge in [-0.25, -0.2) is 4.79 Å². The van der Waals surface area contributed by atoms with E-state index in [-0.39, 0.29) is 11.2 Å². The predicted molar refractivity (Wildman–Crippen MR) is 69.7 cm³/mol. The summed E-state index contributed by atoms with van der Waals surface area (Å²) in [5.41, 5.74) is 0.271. The van der Waals surface area contributed by atoms with E-state index in [1.165, 1.54) is 7.05 Å². The second-order valence-corrected chi connectivity index (χ2v) is 4.90. The summed E-state index contributed by atoms with van der Waals surface area (Å²) in [6.07, 6.45) is 0. The molecule has 1 fully saturated rings. The van der Waals surface area contributed by atoms with Crippen molar-refractivity contribution < 1.29 is 0 Å². The van der Waals surface area contributed by atoms with Gasteiger partial charge in [0.05, 0.1) is 0 Å². The second-order valence-electron chi connectivity index (χ2n) is 4.90. The van der Waals surface area contributed by atoms with Gasteiger partial charge in [0.2, 0.25) is 0 Å². The highest BCUT2D eigenvalue weighted by Gasteiger charge is 2.19. The molecule has 2 heterocycles. The highest BCUT2D eigenvalue weighted by molar-refractivity contribution is 5.03. The molecule has 1 aromatic rings. The lowest BCUT2D eigenvalue weighted by Gasteiger charge is -2.34. The first-order valence-electron chi connectivity index (χ1n) is 6.21. The molecule has 6 heteroatoms. The van der Waals surface area contributed by atoms with Crippen molar-refractivity contribution in [3.05, 3.63) is 32.6 Å². The smallest absolute Gasteiger partial charge is 0.314 e. The Morgan fingerprint density at radius 2 is 2.06 bits per heavy atom. The van der Waals surface area contributed by atoms with Gasteiger partial charge in [-0.05, 0) is 6.92 Å². The number of hydrogen-bond donors (Lipinski definition) is 1. The molecule has 0 aliphatic carbocycles. The summed E-state index contributed by atoms with van der Waals surface area (Å²) < 4.78 is 2.68. The molecule has 1 aliphatic heterocycles. The molecule has 1 saturated heterocycles. The van der Waals surface area contributed by atoms with Gasteiger partial charge in [-0.15, -0.1) is 0 Å². The molecule has 0 saturated carbocycles. The van der Waals surface area contributed by atoms with E-state index in [0.717, 1.165) is 29.9 Å². The lowest BCUT2D eigenvalue weighted by Crippen LogP contribution is -2.50. The molecule has 2 rings (SSSR count). The van der Waals surface area contributed by atoms with Crippen molar-refractivity contribution in [2.45, 2.75) is 19.5 Å². The number of piperazine rings is 1. The number of nitrogens with one attached hydrogen (secondary N) is 1. The first-order valence-corrected chi connectivity index (χ1v) is 6.21. The summed E-state index contributed by atoms with van der Waals surface area (Å²) in [7, 11) is 3.21. The van der Waals surface area contributed by atoms with Gasteiger partial charge in [0.25, 0.3) is 5.56 Å². The molecule has 0 aromatic carbocycles. The number of rotatable bonds is 2. The Labute approximate surface area is 106 Å². The third-order valence-electron chi connectivity index (χ3n) is 3.63. The first-order chi connectivity index (χ1) is 8.50. The predicted octanol–water partition coefficient (Wildman–Crippen LogP) is -1.12. The first kappa shape index (κ1) is 13.0. The number of aromatic nitrogens is 2. The summed E-state index contributed by atoms with van der Waals surface area (Å²) in [5.74, 6) is 0. The average molecular weight is 252 g/mol. The van der Waals surface area contributed by atoms with Gasteiger partial charge in [0.15, 0.2) is 0 Å². The second kappa shape index (κ2) is 5.07. The van der Waals surface area contributed by atoms with Crippen LogP contribution >= 0.6 is 0 Å². The largest absolute Gasteiger partial charge is 0.330 e. The summed E-state index contributed by atoms with van der Waals surface area (Å²) in [5, 5.41) is 3.32. The van der Waals surface area contributed by atoms with E-state index < -0.39 is 0 Å². The maximum atomic E-state index is 11.8. The third-order valence-corrected chi connectivity index (χ3v) is 3.63. The van der Waals surface area contributed by atoms with Crippen molar-refractivity contribution in [3.8, 4) is 0 Å². The standard InChI is InChI=1S/C12H20N4O2/c1-9-7-13-4-5-16(9)8-10-6-11(17)15(3)12(18)14(10)2/h6,9,13H,4-5,7-8H2,1-3H3/t9-/m0/s1. The SMILES string of the molecule is C[C@H]1CNCCN1Cc1cc(=O)n(C)c(=O)n1C. The maximum Gasteiger partial charge on any atom is 0.330 e. The van der Waals surface area contributed by atoms with E-state index in [0.29, 0.717) is 12.6 Å². The van der Waals surface area contributed by atoms with Crippen LogP contribution in [0.5, 0.6) is 0 Å². The Hall–Kier alpha value is -1.40. The van der Waals surface area contributed by atoms with E-state index in [1.807, 2.05) is 0 Å². The highest BCUT2D eigenvalue weighted by atomic mass is 16.2. The molecule has 0 spiro atoms. The van der Waals surface area contributed by atoms with Crippen molar-refractivity contribution in [1.29, 1.82) is 0 Å². The van der Waals surface area contributed by atoms with Gasteiger partial charge in [0.1, 0.15) is 0 Å². The molecule has 18 heavy (non-hydrogen) atoms. The molecule has 6 nitrogen and oxygen atoms in total. The van der Waals surface area contributed by atoms with Gasteiger partial charge >= 0.3 is 5.69 Å². The summed E-state index contributed by atoms with van der Waals surface area (Å²) in [6.45, 7) is 5.61. The van der Waals surface area contributed by atoms with Crippen molar-refractivity contribution in [3.63, 3.8) is 0 Å². The molecule has 0 unspecified atom stereocenters. The Balaban J connectivity index is 2.29. The summed E-state index contributed by atoms with van der Waals surface area (Å²) in [4.78, 5) is 25.8. The van der Waals surface area contributed by atoms with Crippen molar-refractivity contribution in [1.82, 2.24) is 19.4 Å². The lowest BCUT2D eigenvalue weighted by atomic mass is 10.2. The molecule has 1 atom stereocenters. The molecular formula is C12H20N4O2. The molecule has 1 aromatic heterocycles. The quantitative estimate of drug-likeness (QED) is 0.724. The Morgan fingerprint density at radius 3 is 2.72 bits per heavy atom. The van der Waals surface area contributed by atoms with Gasteiger partial charge in [-0.2, -0.15) is 0 Å². The van der Waals surface area contributed by atoms with Crippen LogP contribution in [-0.4, -0.2) is 39.7 Å². The topological polar surface area (TPSA) is 59.3 Å². The van der Waals surface area contributed by atoms with E-state index in [4.69, 9.17) is 0 Å². The number of hydrogen-bond acceptors (Lipinski definition) is 4. The third kappa shape index (κ3) is 2.39. The fraction of sp³-hybridized carbons (Fsp3) is 0.667. The van der Waals surface area contributed by atoms with Gasteiger partial charge in [-0.3, -0.25) is 18.8 Å². The van der Waals surface area contributed by atoms with Crippen LogP contribution in [-0.2, 0) is 20.6 Å². The van der Waals surface area contributed by atoms with Gasteiger partial charge in [0, 0.05) is 58.1 Å². The normalized spacial score (nSPS) is 21.2. The zero-order valence-corrected chi connectivity index (χ0v) is 11.1. The zero-order valence-electron chi connectivity index (χ0n) is 11.1. The minimum atomic E-state index is -0.264. The molecule has 0 bridgehead atoms.